The van der Waals surface area contributed by atoms with E-state index in [1.165, 1.54) is 0 Å². The number of furan rings is 1. The fourth-order valence-electron chi connectivity index (χ4n) is 2.03. The molecule has 2 heterocycles. The van der Waals surface area contributed by atoms with Gasteiger partial charge in [-0.2, -0.15) is 5.10 Å². The second-order valence-corrected chi connectivity index (χ2v) is 4.76. The molecule has 0 aliphatic carbocycles. The third-order valence-electron chi connectivity index (χ3n) is 3.20. The zero-order chi connectivity index (χ0) is 15.4. The van der Waals surface area contributed by atoms with Crippen LogP contribution in [0, 0.1) is 0 Å². The number of nitrogens with zero attached hydrogens (tertiary/aromatic N) is 4. The first kappa shape index (κ1) is 14.0. The molecule has 0 radical (unpaired) electrons. The normalized spacial score (nSPS) is 11.8. The molecule has 0 aliphatic rings. The molecule has 0 fully saturated rings. The van der Waals surface area contributed by atoms with E-state index < -0.39 is 0 Å². The number of benzene rings is 1. The van der Waals surface area contributed by atoms with Crippen LogP contribution in [0.4, 0.5) is 0 Å². The lowest BCUT2D eigenvalue weighted by Gasteiger charge is -2.02. The first-order chi connectivity index (χ1) is 10.7. The summed E-state index contributed by atoms with van der Waals surface area (Å²) < 4.78 is 6.90. The van der Waals surface area contributed by atoms with Gasteiger partial charge in [-0.05, 0) is 31.2 Å². The van der Waals surface area contributed by atoms with Gasteiger partial charge in [-0.25, -0.2) is 10.1 Å². The number of amides is 1. The summed E-state index contributed by atoms with van der Waals surface area (Å²) in [6, 6.07) is 11.2. The highest BCUT2D eigenvalue weighted by molar-refractivity contribution is 5.96. The first-order valence-electron chi connectivity index (χ1n) is 6.89. The molecule has 0 atom stereocenters. The molecular formula is C15H15N5O2. The maximum Gasteiger partial charge on any atom is 0.241 e. The number of hydrogen-bond acceptors (Lipinski definition) is 5. The summed E-state index contributed by atoms with van der Waals surface area (Å²) in [6.07, 6.45) is 1.83. The number of carbonyl (C=O) groups is 1. The maximum absolute atomic E-state index is 11.8. The summed E-state index contributed by atoms with van der Waals surface area (Å²) in [5.41, 5.74) is 4.85. The Balaban J connectivity index is 1.57. The van der Waals surface area contributed by atoms with Crippen LogP contribution in [0.25, 0.3) is 11.0 Å². The predicted octanol–water partition coefficient (Wildman–Crippen LogP) is 1.95. The van der Waals surface area contributed by atoms with Crippen LogP contribution in [0.1, 0.15) is 19.1 Å². The molecule has 0 bridgehead atoms. The number of fused-ring (bicyclic) bond motifs is 1. The topological polar surface area (TPSA) is 85.3 Å². The van der Waals surface area contributed by atoms with Crippen molar-refractivity contribution in [1.29, 1.82) is 0 Å². The van der Waals surface area contributed by atoms with Crippen LogP contribution < -0.4 is 5.43 Å². The number of hydrogen-bond donors (Lipinski definition) is 1. The standard InChI is InChI=1S/C15H15N5O2/c1-11(14-7-4-10-22-14)16-18-15(21)8-9-20-13-6-3-2-5-12(13)17-19-20/h2-7,10H,8-9H2,1H3,(H,18,21)/b16-11-. The zero-order valence-corrected chi connectivity index (χ0v) is 12.1. The van der Waals surface area contributed by atoms with E-state index in [1.807, 2.05) is 24.3 Å². The van der Waals surface area contributed by atoms with Crippen LogP contribution >= 0.6 is 0 Å². The highest BCUT2D eigenvalue weighted by Crippen LogP contribution is 2.09. The SMILES string of the molecule is C/C(=N/NC(=O)CCn1nnc2ccccc21)c1ccco1. The number of aryl methyl sites for hydroxylation is 1. The van der Waals surface area contributed by atoms with Crippen LogP contribution in [-0.2, 0) is 11.3 Å². The van der Waals surface area contributed by atoms with Crippen molar-refractivity contribution in [3.63, 3.8) is 0 Å². The van der Waals surface area contributed by atoms with E-state index in [9.17, 15) is 4.79 Å². The summed E-state index contributed by atoms with van der Waals surface area (Å²) in [6.45, 7) is 2.21. The minimum Gasteiger partial charge on any atom is -0.463 e. The van der Waals surface area contributed by atoms with E-state index in [0.717, 1.165) is 11.0 Å². The molecule has 7 nitrogen and oxygen atoms in total. The van der Waals surface area contributed by atoms with Gasteiger partial charge in [-0.1, -0.05) is 17.3 Å². The molecule has 1 N–H and O–H groups in total. The minimum atomic E-state index is -0.189. The Hall–Kier alpha value is -2.96. The lowest BCUT2D eigenvalue weighted by atomic mass is 10.3. The van der Waals surface area contributed by atoms with Gasteiger partial charge in [0.15, 0.2) is 0 Å². The summed E-state index contributed by atoms with van der Waals surface area (Å²) in [4.78, 5) is 11.8. The second-order valence-electron chi connectivity index (χ2n) is 4.76. The molecule has 0 spiro atoms. The smallest absolute Gasteiger partial charge is 0.241 e. The van der Waals surface area contributed by atoms with E-state index >= 15 is 0 Å². The van der Waals surface area contributed by atoms with Gasteiger partial charge in [0.05, 0.1) is 18.3 Å². The Labute approximate surface area is 126 Å². The maximum atomic E-state index is 11.8. The van der Waals surface area contributed by atoms with Crippen molar-refractivity contribution in [2.75, 3.05) is 0 Å². The summed E-state index contributed by atoms with van der Waals surface area (Å²) in [7, 11) is 0. The van der Waals surface area contributed by atoms with E-state index in [0.29, 0.717) is 18.0 Å². The number of carbonyl (C=O) groups excluding carboxylic acids is 1. The van der Waals surface area contributed by atoms with Gasteiger partial charge in [-0.15, -0.1) is 5.10 Å². The van der Waals surface area contributed by atoms with Crippen molar-refractivity contribution in [1.82, 2.24) is 20.4 Å². The van der Waals surface area contributed by atoms with Crippen LogP contribution in [0.15, 0.2) is 52.2 Å². The van der Waals surface area contributed by atoms with Crippen molar-refractivity contribution in [3.05, 3.63) is 48.4 Å². The second kappa shape index (κ2) is 6.21. The number of para-hydroxylation sites is 1. The minimum absolute atomic E-state index is 0.189. The Morgan fingerprint density at radius 3 is 3.00 bits per heavy atom. The van der Waals surface area contributed by atoms with Gasteiger partial charge in [-0.3, -0.25) is 4.79 Å². The summed E-state index contributed by atoms with van der Waals surface area (Å²) >= 11 is 0. The number of aromatic nitrogens is 3. The Bertz CT molecular complexity index is 804. The van der Waals surface area contributed by atoms with Gasteiger partial charge in [0.1, 0.15) is 17.0 Å². The lowest BCUT2D eigenvalue weighted by molar-refractivity contribution is -0.121. The number of nitrogens with one attached hydrogen (secondary N) is 1. The van der Waals surface area contributed by atoms with Crippen molar-refractivity contribution in [2.45, 2.75) is 19.9 Å². The van der Waals surface area contributed by atoms with Crippen molar-refractivity contribution >= 4 is 22.7 Å². The van der Waals surface area contributed by atoms with Crippen LogP contribution in [0.2, 0.25) is 0 Å². The Kier molecular flexibility index (Phi) is 3.95. The number of hydrazone groups is 1. The summed E-state index contributed by atoms with van der Waals surface area (Å²) in [5, 5.41) is 12.1. The van der Waals surface area contributed by atoms with E-state index in [-0.39, 0.29) is 12.3 Å². The monoisotopic (exact) mass is 297 g/mol. The molecule has 3 aromatic rings. The largest absolute Gasteiger partial charge is 0.463 e. The van der Waals surface area contributed by atoms with E-state index in [1.54, 1.807) is 30.0 Å². The van der Waals surface area contributed by atoms with Crippen molar-refractivity contribution < 1.29 is 9.21 Å². The first-order valence-corrected chi connectivity index (χ1v) is 6.89. The average Bonchev–Trinajstić information content (AvgIpc) is 3.20. The molecule has 0 aliphatic heterocycles. The highest BCUT2D eigenvalue weighted by atomic mass is 16.3. The van der Waals surface area contributed by atoms with Gasteiger partial charge in [0.25, 0.3) is 0 Å². The van der Waals surface area contributed by atoms with Crippen LogP contribution in [-0.4, -0.2) is 26.6 Å². The lowest BCUT2D eigenvalue weighted by Crippen LogP contribution is -2.21. The summed E-state index contributed by atoms with van der Waals surface area (Å²) in [5.74, 6) is 0.438. The van der Waals surface area contributed by atoms with Crippen LogP contribution in [0.3, 0.4) is 0 Å². The molecule has 22 heavy (non-hydrogen) atoms. The molecular weight excluding hydrogens is 282 g/mol. The van der Waals surface area contributed by atoms with Gasteiger partial charge < -0.3 is 4.42 Å². The quantitative estimate of drug-likeness (QED) is 0.576. The predicted molar refractivity (Wildman–Crippen MR) is 81.2 cm³/mol. The average molecular weight is 297 g/mol. The highest BCUT2D eigenvalue weighted by Gasteiger charge is 2.07. The van der Waals surface area contributed by atoms with E-state index in [2.05, 4.69) is 20.8 Å². The molecule has 7 heteroatoms. The molecule has 112 valence electrons. The third kappa shape index (κ3) is 3.03. The van der Waals surface area contributed by atoms with Crippen LogP contribution in [0.5, 0.6) is 0 Å². The Morgan fingerprint density at radius 2 is 2.18 bits per heavy atom. The van der Waals surface area contributed by atoms with Crippen molar-refractivity contribution in [3.8, 4) is 0 Å². The number of rotatable bonds is 5. The Morgan fingerprint density at radius 1 is 1.32 bits per heavy atom. The molecule has 1 amide bonds. The van der Waals surface area contributed by atoms with Gasteiger partial charge in [0, 0.05) is 6.42 Å². The van der Waals surface area contributed by atoms with Crippen molar-refractivity contribution in [2.24, 2.45) is 5.10 Å². The molecule has 1 aromatic carbocycles. The molecule has 0 saturated carbocycles. The fourth-order valence-corrected chi connectivity index (χ4v) is 2.03. The van der Waals surface area contributed by atoms with Gasteiger partial charge >= 0.3 is 0 Å². The van der Waals surface area contributed by atoms with E-state index in [4.69, 9.17) is 4.42 Å². The fraction of sp³-hybridized carbons (Fsp3) is 0.200. The molecule has 3 rings (SSSR count). The van der Waals surface area contributed by atoms with Gasteiger partial charge in [0.2, 0.25) is 5.91 Å². The zero-order valence-electron chi connectivity index (χ0n) is 12.1. The third-order valence-corrected chi connectivity index (χ3v) is 3.20. The molecule has 2 aromatic heterocycles. The molecule has 0 unspecified atom stereocenters. The molecule has 0 saturated heterocycles.